The third-order valence-corrected chi connectivity index (χ3v) is 5.87. The second-order valence-corrected chi connectivity index (χ2v) is 8.16. The highest BCUT2D eigenvalue weighted by atomic mass is 79.9. The molecule has 0 unspecified atom stereocenters. The molecule has 0 aliphatic rings. The van der Waals surface area contributed by atoms with E-state index in [1.807, 2.05) is 19.1 Å². The molecule has 0 N–H and O–H groups in total. The van der Waals surface area contributed by atoms with E-state index in [1.54, 1.807) is 22.8 Å². The number of furan rings is 1. The lowest BCUT2D eigenvalue weighted by molar-refractivity contribution is -0.131. The number of thiophene rings is 1. The molecule has 8 heteroatoms. The fraction of sp³-hybridized carbons (Fsp3) is 0.250. The van der Waals surface area contributed by atoms with Crippen LogP contribution >= 0.6 is 27.3 Å². The summed E-state index contributed by atoms with van der Waals surface area (Å²) in [6.45, 7) is 3.72. The predicted molar refractivity (Wildman–Crippen MR) is 112 cm³/mol. The second kappa shape index (κ2) is 7.52. The van der Waals surface area contributed by atoms with E-state index >= 15 is 0 Å². The summed E-state index contributed by atoms with van der Waals surface area (Å²) >= 11 is 4.67. The molecule has 4 aromatic rings. The molecule has 0 aliphatic heterocycles. The van der Waals surface area contributed by atoms with Crippen LogP contribution in [0.3, 0.4) is 0 Å². The number of aromatic nitrogens is 2. The molecule has 28 heavy (non-hydrogen) atoms. The van der Waals surface area contributed by atoms with E-state index in [2.05, 4.69) is 15.9 Å². The summed E-state index contributed by atoms with van der Waals surface area (Å²) in [5, 5.41) is 1.29. The van der Waals surface area contributed by atoms with E-state index in [-0.39, 0.29) is 5.56 Å². The molecular formula is C20H17BrN2O4S. The highest BCUT2D eigenvalue weighted by Crippen LogP contribution is 2.37. The Balaban J connectivity index is 1.97. The maximum Gasteiger partial charge on any atom is 0.308 e. The van der Waals surface area contributed by atoms with Crippen molar-refractivity contribution in [3.8, 4) is 5.75 Å². The number of carbonyl (C=O) groups excluding carboxylic acids is 1. The standard InChI is InChI=1S/C20H17BrN2O4S/c1-3-5-16-22-19-17(20(25)23(16)10-12-8-9-15(21)27-12)13-6-4-7-14(18(13)28-19)26-11(2)24/h4,6-9H,3,5,10H2,1-2H3. The lowest BCUT2D eigenvalue weighted by atomic mass is 10.2. The minimum absolute atomic E-state index is 0.118. The van der Waals surface area contributed by atoms with Gasteiger partial charge in [0.1, 0.15) is 22.2 Å². The number of rotatable bonds is 5. The number of halogens is 1. The molecule has 0 spiro atoms. The normalized spacial score (nSPS) is 11.4. The van der Waals surface area contributed by atoms with Gasteiger partial charge in [-0.3, -0.25) is 14.2 Å². The Labute approximate surface area is 172 Å². The molecule has 3 aromatic heterocycles. The number of carbonyl (C=O) groups is 1. The zero-order valence-electron chi connectivity index (χ0n) is 15.3. The molecule has 3 heterocycles. The summed E-state index contributed by atoms with van der Waals surface area (Å²) in [7, 11) is 0. The van der Waals surface area contributed by atoms with E-state index < -0.39 is 5.97 Å². The van der Waals surface area contributed by atoms with E-state index in [0.717, 1.165) is 16.5 Å². The predicted octanol–water partition coefficient (Wildman–Crippen LogP) is 4.89. The van der Waals surface area contributed by atoms with Crippen molar-refractivity contribution in [3.05, 3.63) is 56.9 Å². The maximum absolute atomic E-state index is 13.4. The smallest absolute Gasteiger partial charge is 0.308 e. The SMILES string of the molecule is CCCc1nc2sc3c(OC(C)=O)cccc3c2c(=O)n1Cc1ccc(Br)o1. The van der Waals surface area contributed by atoms with Crippen LogP contribution in [0, 0.1) is 0 Å². The molecule has 6 nitrogen and oxygen atoms in total. The number of esters is 1. The minimum Gasteiger partial charge on any atom is -0.452 e. The third kappa shape index (κ3) is 3.38. The van der Waals surface area contributed by atoms with Gasteiger partial charge in [0.2, 0.25) is 0 Å². The van der Waals surface area contributed by atoms with Crippen molar-refractivity contribution < 1.29 is 13.9 Å². The number of hydrogen-bond acceptors (Lipinski definition) is 6. The highest BCUT2D eigenvalue weighted by Gasteiger charge is 2.19. The molecule has 0 aliphatic carbocycles. The first-order chi connectivity index (χ1) is 13.5. The van der Waals surface area contributed by atoms with Gasteiger partial charge in [0.05, 0.1) is 16.6 Å². The van der Waals surface area contributed by atoms with Crippen LogP contribution in [0.2, 0.25) is 0 Å². The van der Waals surface area contributed by atoms with Crippen LogP contribution in [0.1, 0.15) is 31.9 Å². The largest absolute Gasteiger partial charge is 0.452 e. The number of ether oxygens (including phenoxy) is 1. The summed E-state index contributed by atoms with van der Waals surface area (Å²) in [6.07, 6.45) is 1.54. The van der Waals surface area contributed by atoms with Crippen molar-refractivity contribution in [2.24, 2.45) is 0 Å². The van der Waals surface area contributed by atoms with Gasteiger partial charge in [-0.15, -0.1) is 11.3 Å². The van der Waals surface area contributed by atoms with Crippen LogP contribution in [0.5, 0.6) is 5.75 Å². The van der Waals surface area contributed by atoms with Gasteiger partial charge in [0.25, 0.3) is 5.56 Å². The number of aryl methyl sites for hydroxylation is 1. The summed E-state index contributed by atoms with van der Waals surface area (Å²) < 4.78 is 13.9. The van der Waals surface area contributed by atoms with Crippen LogP contribution in [0.25, 0.3) is 20.3 Å². The van der Waals surface area contributed by atoms with E-state index in [9.17, 15) is 9.59 Å². The summed E-state index contributed by atoms with van der Waals surface area (Å²) in [6, 6.07) is 9.00. The Morgan fingerprint density at radius 1 is 1.32 bits per heavy atom. The van der Waals surface area contributed by atoms with Crippen LogP contribution in [-0.4, -0.2) is 15.5 Å². The fourth-order valence-corrected chi connectivity index (χ4v) is 4.68. The van der Waals surface area contributed by atoms with Gasteiger partial charge in [-0.05, 0) is 40.5 Å². The molecule has 0 bridgehead atoms. The average Bonchev–Trinajstić information content (AvgIpc) is 3.22. The van der Waals surface area contributed by atoms with E-state index in [4.69, 9.17) is 14.1 Å². The summed E-state index contributed by atoms with van der Waals surface area (Å²) in [5.74, 6) is 1.44. The minimum atomic E-state index is -0.398. The van der Waals surface area contributed by atoms with Gasteiger partial charge in [0.15, 0.2) is 4.67 Å². The van der Waals surface area contributed by atoms with Gasteiger partial charge in [0, 0.05) is 18.7 Å². The molecule has 0 fully saturated rings. The summed E-state index contributed by atoms with van der Waals surface area (Å²) in [5.41, 5.74) is -0.118. The molecule has 4 rings (SSSR count). The Hall–Kier alpha value is -2.45. The second-order valence-electron chi connectivity index (χ2n) is 6.38. The molecule has 0 amide bonds. The number of nitrogens with zero attached hydrogens (tertiary/aromatic N) is 2. The van der Waals surface area contributed by atoms with Gasteiger partial charge in [-0.1, -0.05) is 19.1 Å². The third-order valence-electron chi connectivity index (χ3n) is 4.33. The molecule has 0 atom stereocenters. The van der Waals surface area contributed by atoms with Gasteiger partial charge in [-0.25, -0.2) is 4.98 Å². The van der Waals surface area contributed by atoms with Gasteiger partial charge >= 0.3 is 5.97 Å². The number of hydrogen-bond donors (Lipinski definition) is 0. The van der Waals surface area contributed by atoms with Crippen molar-refractivity contribution >= 4 is 53.5 Å². The Bertz CT molecular complexity index is 1250. The monoisotopic (exact) mass is 460 g/mol. The van der Waals surface area contributed by atoms with Crippen LogP contribution in [-0.2, 0) is 17.8 Å². The van der Waals surface area contributed by atoms with Gasteiger partial charge in [-0.2, -0.15) is 0 Å². The lowest BCUT2D eigenvalue weighted by Gasteiger charge is -2.10. The van der Waals surface area contributed by atoms with Crippen LogP contribution in [0.4, 0.5) is 0 Å². The molecule has 0 saturated carbocycles. The summed E-state index contributed by atoms with van der Waals surface area (Å²) in [4.78, 5) is 30.3. The molecule has 0 saturated heterocycles. The van der Waals surface area contributed by atoms with Crippen LogP contribution in [0.15, 0.2) is 44.2 Å². The average molecular weight is 461 g/mol. The van der Waals surface area contributed by atoms with E-state index in [0.29, 0.717) is 45.2 Å². The highest BCUT2D eigenvalue weighted by molar-refractivity contribution is 9.10. The topological polar surface area (TPSA) is 74.3 Å². The first-order valence-electron chi connectivity index (χ1n) is 8.85. The molecule has 0 radical (unpaired) electrons. The van der Waals surface area contributed by atoms with E-state index in [1.165, 1.54) is 18.3 Å². The molecule has 144 valence electrons. The molecular weight excluding hydrogens is 444 g/mol. The number of fused-ring (bicyclic) bond motifs is 3. The lowest BCUT2D eigenvalue weighted by Crippen LogP contribution is -2.25. The first kappa shape index (κ1) is 18.9. The maximum atomic E-state index is 13.4. The Kier molecular flexibility index (Phi) is 5.07. The Morgan fingerprint density at radius 3 is 2.82 bits per heavy atom. The van der Waals surface area contributed by atoms with Crippen molar-refractivity contribution in [1.29, 1.82) is 0 Å². The number of benzene rings is 1. The Morgan fingerprint density at radius 2 is 2.14 bits per heavy atom. The van der Waals surface area contributed by atoms with Gasteiger partial charge < -0.3 is 9.15 Å². The van der Waals surface area contributed by atoms with Crippen molar-refractivity contribution in [2.45, 2.75) is 33.2 Å². The first-order valence-corrected chi connectivity index (χ1v) is 10.5. The zero-order valence-corrected chi connectivity index (χ0v) is 17.7. The fourth-order valence-electron chi connectivity index (χ4n) is 3.20. The zero-order chi connectivity index (χ0) is 19.8. The quantitative estimate of drug-likeness (QED) is 0.313. The van der Waals surface area contributed by atoms with Crippen molar-refractivity contribution in [1.82, 2.24) is 9.55 Å². The van der Waals surface area contributed by atoms with Crippen molar-refractivity contribution in [2.75, 3.05) is 0 Å². The molecule has 1 aromatic carbocycles. The van der Waals surface area contributed by atoms with Crippen molar-refractivity contribution in [3.63, 3.8) is 0 Å². The van der Waals surface area contributed by atoms with Crippen LogP contribution < -0.4 is 10.3 Å².